The van der Waals surface area contributed by atoms with E-state index >= 15 is 0 Å². The first kappa shape index (κ1) is 23.3. The van der Waals surface area contributed by atoms with Crippen molar-refractivity contribution in [1.82, 2.24) is 4.31 Å². The van der Waals surface area contributed by atoms with Crippen LogP contribution in [0.4, 0.5) is 0 Å². The molecule has 2 N–H and O–H groups in total. The number of hydrogen-bond acceptors (Lipinski definition) is 3. The van der Waals surface area contributed by atoms with Crippen molar-refractivity contribution in [3.8, 4) is 0 Å². The van der Waals surface area contributed by atoms with Gasteiger partial charge in [0.25, 0.3) is 0 Å². The van der Waals surface area contributed by atoms with Crippen molar-refractivity contribution in [3.05, 3.63) is 65.2 Å². The van der Waals surface area contributed by atoms with Gasteiger partial charge in [-0.15, -0.1) is 0 Å². The van der Waals surface area contributed by atoms with Crippen molar-refractivity contribution in [2.75, 3.05) is 13.1 Å². The fourth-order valence-electron chi connectivity index (χ4n) is 2.53. The Kier molecular flexibility index (Phi) is 8.91. The van der Waals surface area contributed by atoms with Gasteiger partial charge in [-0.2, -0.15) is 4.31 Å². The van der Waals surface area contributed by atoms with Crippen LogP contribution >= 0.6 is 11.6 Å². The molecule has 144 valence electrons. The summed E-state index contributed by atoms with van der Waals surface area (Å²) in [7, 11) is -3.73. The Morgan fingerprint density at radius 2 is 1.50 bits per heavy atom. The van der Waals surface area contributed by atoms with Crippen molar-refractivity contribution in [3.63, 3.8) is 0 Å². The summed E-state index contributed by atoms with van der Waals surface area (Å²) in [5.41, 5.74) is 7.74. The zero-order chi connectivity index (χ0) is 18.6. The average molecular weight is 482 g/mol. The average Bonchev–Trinajstić information content (AvgIpc) is 2.59. The molecule has 2 rings (SSSR count). The van der Waals surface area contributed by atoms with E-state index in [4.69, 9.17) is 17.3 Å². The van der Waals surface area contributed by atoms with E-state index < -0.39 is 15.5 Å². The molecular weight excluding hydrogens is 457 g/mol. The second kappa shape index (κ2) is 9.96. The standard InChI is InChI=1S/C19H25ClN2O2S.Ru/c1-14(2)16-6-8-17(9-7-16)19(20)22(13-12-21)25(23,24)18-10-4-15(3)5-11-18;/h4-11,14,19H,12-13,21H2,1-3H3;. The second-order valence-electron chi connectivity index (χ2n) is 6.37. The number of nitrogens with two attached hydrogens (primary N) is 1. The first-order chi connectivity index (χ1) is 11.8. The first-order valence-corrected chi connectivity index (χ1v) is 10.2. The van der Waals surface area contributed by atoms with Gasteiger partial charge in [0, 0.05) is 32.6 Å². The molecule has 0 radical (unpaired) electrons. The van der Waals surface area contributed by atoms with Gasteiger partial charge >= 0.3 is 0 Å². The van der Waals surface area contributed by atoms with E-state index in [9.17, 15) is 8.42 Å². The Morgan fingerprint density at radius 3 is 1.96 bits per heavy atom. The van der Waals surface area contributed by atoms with E-state index in [2.05, 4.69) is 13.8 Å². The van der Waals surface area contributed by atoms with Crippen LogP contribution < -0.4 is 5.73 Å². The van der Waals surface area contributed by atoms with Gasteiger partial charge in [0.1, 0.15) is 5.50 Å². The number of rotatable bonds is 7. The Labute approximate surface area is 174 Å². The number of aryl methyl sites for hydroxylation is 1. The van der Waals surface area contributed by atoms with Gasteiger partial charge in [0.15, 0.2) is 0 Å². The van der Waals surface area contributed by atoms with Gasteiger partial charge in [-0.3, -0.25) is 0 Å². The molecule has 0 saturated heterocycles. The van der Waals surface area contributed by atoms with E-state index in [1.807, 2.05) is 31.2 Å². The Morgan fingerprint density at radius 1 is 1.00 bits per heavy atom. The summed E-state index contributed by atoms with van der Waals surface area (Å²) in [5, 5.41) is 0. The van der Waals surface area contributed by atoms with Crippen molar-refractivity contribution in [2.45, 2.75) is 37.1 Å². The molecule has 1 atom stereocenters. The van der Waals surface area contributed by atoms with E-state index in [-0.39, 0.29) is 37.5 Å². The quantitative estimate of drug-likeness (QED) is 0.369. The second-order valence-corrected chi connectivity index (χ2v) is 8.68. The van der Waals surface area contributed by atoms with Gasteiger partial charge in [0.05, 0.1) is 4.90 Å². The summed E-state index contributed by atoms with van der Waals surface area (Å²) in [6.45, 7) is 6.47. The molecule has 0 fully saturated rings. The Bertz CT molecular complexity index is 793. The third-order valence-corrected chi connectivity index (χ3v) is 6.59. The predicted octanol–water partition coefficient (Wildman–Crippen LogP) is 4.00. The fraction of sp³-hybridized carbons (Fsp3) is 0.368. The van der Waals surface area contributed by atoms with Crippen LogP contribution in [0.5, 0.6) is 0 Å². The van der Waals surface area contributed by atoms with Crippen LogP contribution in [0.3, 0.4) is 0 Å². The van der Waals surface area contributed by atoms with Crippen molar-refractivity contribution in [1.29, 1.82) is 0 Å². The summed E-state index contributed by atoms with van der Waals surface area (Å²) in [5.74, 6) is 0.402. The molecule has 0 aliphatic carbocycles. The van der Waals surface area contributed by atoms with Gasteiger partial charge in [-0.25, -0.2) is 8.42 Å². The van der Waals surface area contributed by atoms with Gasteiger partial charge in [-0.05, 0) is 36.1 Å². The number of halogens is 1. The molecule has 0 aliphatic heterocycles. The summed E-state index contributed by atoms with van der Waals surface area (Å²) < 4.78 is 27.3. The molecule has 2 aromatic rings. The van der Waals surface area contributed by atoms with E-state index in [1.54, 1.807) is 24.3 Å². The molecule has 0 bridgehead atoms. The summed E-state index contributed by atoms with van der Waals surface area (Å²) in [4.78, 5) is 0.219. The summed E-state index contributed by atoms with van der Waals surface area (Å²) >= 11 is 6.54. The number of benzene rings is 2. The number of alkyl halides is 1. The Hall–Kier alpha value is -0.777. The SMILES string of the molecule is Cc1ccc(S(=O)(=O)N(CCN)C(Cl)c2ccc(C(C)C)cc2)cc1.[Ru]. The maximum atomic E-state index is 13.0. The largest absolute Gasteiger partial charge is 0.329 e. The molecule has 2 aromatic carbocycles. The van der Waals surface area contributed by atoms with Crippen LogP contribution in [0.2, 0.25) is 0 Å². The van der Waals surface area contributed by atoms with Gasteiger partial charge in [0.2, 0.25) is 10.0 Å². The molecule has 0 aromatic heterocycles. The molecule has 1 unspecified atom stereocenters. The first-order valence-electron chi connectivity index (χ1n) is 8.30. The van der Waals surface area contributed by atoms with Crippen molar-refractivity contribution in [2.24, 2.45) is 5.73 Å². The van der Waals surface area contributed by atoms with Crippen LogP contribution in [-0.2, 0) is 29.5 Å². The molecule has 0 aliphatic rings. The molecule has 4 nitrogen and oxygen atoms in total. The molecule has 0 amide bonds. The zero-order valence-electron chi connectivity index (χ0n) is 15.2. The predicted molar refractivity (Wildman–Crippen MR) is 103 cm³/mol. The van der Waals surface area contributed by atoms with Crippen LogP contribution in [0.25, 0.3) is 0 Å². The maximum Gasteiger partial charge on any atom is 0.244 e. The normalized spacial score (nSPS) is 12.9. The monoisotopic (exact) mass is 482 g/mol. The van der Waals surface area contributed by atoms with E-state index in [1.165, 1.54) is 9.87 Å². The number of hydrogen-bond donors (Lipinski definition) is 1. The zero-order valence-corrected chi connectivity index (χ0v) is 18.5. The minimum absolute atomic E-state index is 0. The van der Waals surface area contributed by atoms with Crippen LogP contribution in [0, 0.1) is 6.92 Å². The molecular formula is C19H25ClN2O2RuS. The minimum atomic E-state index is -3.73. The van der Waals surface area contributed by atoms with E-state index in [0.29, 0.717) is 5.92 Å². The third kappa shape index (κ3) is 5.37. The molecule has 26 heavy (non-hydrogen) atoms. The fourth-order valence-corrected chi connectivity index (χ4v) is 4.55. The minimum Gasteiger partial charge on any atom is -0.329 e. The molecule has 0 saturated carbocycles. The van der Waals surface area contributed by atoms with Crippen LogP contribution in [-0.4, -0.2) is 25.8 Å². The van der Waals surface area contributed by atoms with Gasteiger partial charge < -0.3 is 5.73 Å². The molecule has 0 spiro atoms. The van der Waals surface area contributed by atoms with E-state index in [0.717, 1.165) is 11.1 Å². The van der Waals surface area contributed by atoms with Crippen molar-refractivity contribution < 1.29 is 27.9 Å². The van der Waals surface area contributed by atoms with Crippen LogP contribution in [0.15, 0.2) is 53.4 Å². The summed E-state index contributed by atoms with van der Waals surface area (Å²) in [6, 6.07) is 14.5. The van der Waals surface area contributed by atoms with Crippen molar-refractivity contribution >= 4 is 21.6 Å². The molecule has 0 heterocycles. The van der Waals surface area contributed by atoms with Crippen LogP contribution in [0.1, 0.15) is 42.0 Å². The molecule has 7 heteroatoms. The smallest absolute Gasteiger partial charge is 0.244 e. The number of nitrogens with zero attached hydrogens (tertiary/aromatic N) is 1. The topological polar surface area (TPSA) is 63.4 Å². The Balaban J connectivity index is 0.00000338. The van der Waals surface area contributed by atoms with Gasteiger partial charge in [-0.1, -0.05) is 67.4 Å². The number of sulfonamides is 1. The maximum absolute atomic E-state index is 13.0. The summed E-state index contributed by atoms with van der Waals surface area (Å²) in [6.07, 6.45) is 0. The third-order valence-electron chi connectivity index (χ3n) is 4.11.